The molecule has 1 aromatic heterocycles. The molecule has 2 aromatic rings. The van der Waals surface area contributed by atoms with Crippen LogP contribution in [0.2, 0.25) is 0 Å². The molecule has 8 heteroatoms. The molecule has 0 fully saturated rings. The first-order valence-electron chi connectivity index (χ1n) is 7.23. The number of ether oxygens (including phenoxy) is 1. The minimum atomic E-state index is -3.65. The smallest absolute Gasteiger partial charge is 0.337 e. The zero-order chi connectivity index (χ0) is 17.7. The van der Waals surface area contributed by atoms with E-state index in [9.17, 15) is 13.2 Å². The lowest BCUT2D eigenvalue weighted by Gasteiger charge is -2.23. The Morgan fingerprint density at radius 2 is 1.92 bits per heavy atom. The Kier molecular flexibility index (Phi) is 6.11. The van der Waals surface area contributed by atoms with Crippen LogP contribution in [0.5, 0.6) is 0 Å². The van der Waals surface area contributed by atoms with Crippen molar-refractivity contribution in [1.82, 2.24) is 9.62 Å². The van der Waals surface area contributed by atoms with Gasteiger partial charge in [-0.05, 0) is 49.8 Å². The number of carbonyl (C=O) groups is 1. The molecule has 2 rings (SSSR count). The molecule has 1 atom stereocenters. The maximum Gasteiger partial charge on any atom is 0.337 e. The Labute approximate surface area is 146 Å². The predicted molar refractivity (Wildman–Crippen MR) is 93.7 cm³/mol. The number of esters is 1. The van der Waals surface area contributed by atoms with Crippen molar-refractivity contribution in [1.29, 1.82) is 0 Å². The van der Waals surface area contributed by atoms with Crippen molar-refractivity contribution in [3.8, 4) is 0 Å². The summed E-state index contributed by atoms with van der Waals surface area (Å²) in [4.78, 5) is 14.6. The average Bonchev–Trinajstić information content (AvgIpc) is 3.08. The van der Waals surface area contributed by atoms with Crippen molar-refractivity contribution in [3.05, 3.63) is 52.2 Å². The molecule has 0 aliphatic heterocycles. The van der Waals surface area contributed by atoms with Crippen LogP contribution in [-0.4, -0.2) is 47.0 Å². The number of hydrogen-bond acceptors (Lipinski definition) is 6. The summed E-state index contributed by atoms with van der Waals surface area (Å²) in [5.41, 5.74) is 0.307. The fourth-order valence-electron chi connectivity index (χ4n) is 2.18. The van der Waals surface area contributed by atoms with Gasteiger partial charge < -0.3 is 9.64 Å². The number of methoxy groups -OCH3 is 1. The number of nitrogens with one attached hydrogen (secondary N) is 1. The van der Waals surface area contributed by atoms with E-state index in [2.05, 4.69) is 9.46 Å². The molecule has 1 N–H and O–H groups in total. The predicted octanol–water partition coefficient (Wildman–Crippen LogP) is 2.12. The number of thiophene rings is 1. The van der Waals surface area contributed by atoms with E-state index in [-0.39, 0.29) is 17.5 Å². The summed E-state index contributed by atoms with van der Waals surface area (Å²) in [6.45, 7) is 0.259. The van der Waals surface area contributed by atoms with Gasteiger partial charge in [-0.2, -0.15) is 0 Å². The summed E-state index contributed by atoms with van der Waals surface area (Å²) in [6.07, 6.45) is 0. The summed E-state index contributed by atoms with van der Waals surface area (Å²) in [5, 5.41) is 1.96. The molecule has 1 aromatic carbocycles. The molecule has 0 radical (unpaired) electrons. The Bertz CT molecular complexity index is 769. The van der Waals surface area contributed by atoms with E-state index in [0.717, 1.165) is 4.88 Å². The Hall–Kier alpha value is -1.74. The third-order valence-corrected chi connectivity index (χ3v) is 5.96. The van der Waals surface area contributed by atoms with Crippen molar-refractivity contribution in [2.24, 2.45) is 0 Å². The number of rotatable bonds is 7. The minimum absolute atomic E-state index is 0.0471. The van der Waals surface area contributed by atoms with Crippen LogP contribution < -0.4 is 4.72 Å². The molecule has 0 amide bonds. The van der Waals surface area contributed by atoms with E-state index >= 15 is 0 Å². The van der Waals surface area contributed by atoms with Crippen molar-refractivity contribution < 1.29 is 17.9 Å². The number of nitrogens with zero attached hydrogens (tertiary/aromatic N) is 1. The number of carbonyl (C=O) groups excluding carboxylic acids is 1. The summed E-state index contributed by atoms with van der Waals surface area (Å²) in [7, 11) is 1.44. The van der Waals surface area contributed by atoms with Crippen LogP contribution in [0, 0.1) is 0 Å². The van der Waals surface area contributed by atoms with Crippen LogP contribution in [0.1, 0.15) is 21.3 Å². The van der Waals surface area contributed by atoms with Crippen molar-refractivity contribution >= 4 is 27.3 Å². The molecule has 6 nitrogen and oxygen atoms in total. The molecule has 0 saturated heterocycles. The van der Waals surface area contributed by atoms with E-state index in [4.69, 9.17) is 0 Å². The van der Waals surface area contributed by atoms with Crippen molar-refractivity contribution in [2.45, 2.75) is 10.9 Å². The quantitative estimate of drug-likeness (QED) is 0.758. The average molecular weight is 368 g/mol. The van der Waals surface area contributed by atoms with Crippen LogP contribution in [0.15, 0.2) is 46.7 Å². The highest BCUT2D eigenvalue weighted by Crippen LogP contribution is 2.23. The molecule has 0 bridgehead atoms. The molecular weight excluding hydrogens is 348 g/mol. The van der Waals surface area contributed by atoms with Crippen LogP contribution in [0.4, 0.5) is 0 Å². The zero-order valence-electron chi connectivity index (χ0n) is 13.7. The molecule has 1 heterocycles. The third-order valence-electron chi connectivity index (χ3n) is 3.55. The van der Waals surface area contributed by atoms with Gasteiger partial charge >= 0.3 is 5.97 Å². The van der Waals surface area contributed by atoms with Gasteiger partial charge in [0.2, 0.25) is 10.0 Å². The molecule has 0 spiro atoms. The van der Waals surface area contributed by atoms with Gasteiger partial charge in [0.1, 0.15) is 0 Å². The van der Waals surface area contributed by atoms with Gasteiger partial charge in [-0.3, -0.25) is 0 Å². The highest BCUT2D eigenvalue weighted by atomic mass is 32.2. The molecule has 0 unspecified atom stereocenters. The standard InChI is InChI=1S/C16H20N2O4S2/c1-18(2)14(15-5-4-10-23-15)11-17-24(20,21)13-8-6-12(7-9-13)16(19)22-3/h4-10,14,17H,11H2,1-3H3/t14-/m0/s1. The van der Waals surface area contributed by atoms with Crippen molar-refractivity contribution in [3.63, 3.8) is 0 Å². The maximum atomic E-state index is 12.4. The molecule has 0 saturated carbocycles. The monoisotopic (exact) mass is 368 g/mol. The van der Waals surface area contributed by atoms with Crippen LogP contribution in [-0.2, 0) is 14.8 Å². The fraction of sp³-hybridized carbons (Fsp3) is 0.312. The fourth-order valence-corrected chi connectivity index (χ4v) is 4.14. The van der Waals surface area contributed by atoms with E-state index in [1.807, 2.05) is 36.5 Å². The second-order valence-electron chi connectivity index (χ2n) is 5.36. The first kappa shape index (κ1) is 18.6. The van der Waals surface area contributed by atoms with Gasteiger partial charge in [-0.1, -0.05) is 6.07 Å². The lowest BCUT2D eigenvalue weighted by molar-refractivity contribution is 0.0600. The Morgan fingerprint density at radius 3 is 2.42 bits per heavy atom. The van der Waals surface area contributed by atoms with Crippen LogP contribution in [0.25, 0.3) is 0 Å². The summed E-state index contributed by atoms with van der Waals surface area (Å²) in [6, 6.07) is 9.53. The topological polar surface area (TPSA) is 75.7 Å². The zero-order valence-corrected chi connectivity index (χ0v) is 15.4. The largest absolute Gasteiger partial charge is 0.465 e. The maximum absolute atomic E-state index is 12.4. The second-order valence-corrected chi connectivity index (χ2v) is 8.11. The molecule has 0 aliphatic rings. The molecule has 0 aliphatic carbocycles. The lowest BCUT2D eigenvalue weighted by Crippen LogP contribution is -2.34. The Balaban J connectivity index is 2.11. The molecule has 24 heavy (non-hydrogen) atoms. The Morgan fingerprint density at radius 1 is 1.25 bits per heavy atom. The highest BCUT2D eigenvalue weighted by Gasteiger charge is 2.20. The number of likely N-dealkylation sites (N-methyl/N-ethyl adjacent to an activating group) is 1. The number of hydrogen-bond donors (Lipinski definition) is 1. The van der Waals surface area contributed by atoms with E-state index < -0.39 is 16.0 Å². The normalized spacial score (nSPS) is 13.0. The van der Waals surface area contributed by atoms with E-state index in [0.29, 0.717) is 5.56 Å². The summed E-state index contributed by atoms with van der Waals surface area (Å²) in [5.74, 6) is -0.503. The van der Waals surface area contributed by atoms with Gasteiger partial charge in [-0.25, -0.2) is 17.9 Å². The minimum Gasteiger partial charge on any atom is -0.465 e. The van der Waals surface area contributed by atoms with Gasteiger partial charge in [0.25, 0.3) is 0 Å². The first-order valence-corrected chi connectivity index (χ1v) is 9.59. The number of sulfonamides is 1. The van der Waals surface area contributed by atoms with Crippen molar-refractivity contribution in [2.75, 3.05) is 27.7 Å². The lowest BCUT2D eigenvalue weighted by atomic mass is 10.2. The van der Waals surface area contributed by atoms with E-state index in [1.165, 1.54) is 31.4 Å². The highest BCUT2D eigenvalue weighted by molar-refractivity contribution is 7.89. The van der Waals surface area contributed by atoms with Crippen LogP contribution >= 0.6 is 11.3 Å². The first-order chi connectivity index (χ1) is 11.3. The number of benzene rings is 1. The second kappa shape index (κ2) is 7.89. The van der Waals surface area contributed by atoms with Crippen LogP contribution in [0.3, 0.4) is 0 Å². The van der Waals surface area contributed by atoms with Gasteiger partial charge in [0, 0.05) is 11.4 Å². The molecule has 130 valence electrons. The van der Waals surface area contributed by atoms with Gasteiger partial charge in [0.15, 0.2) is 0 Å². The SMILES string of the molecule is COC(=O)c1ccc(S(=O)(=O)NC[C@@H](c2cccs2)N(C)C)cc1. The summed E-state index contributed by atoms with van der Waals surface area (Å²) < 4.78 is 32.1. The summed E-state index contributed by atoms with van der Waals surface area (Å²) >= 11 is 1.59. The van der Waals surface area contributed by atoms with Gasteiger partial charge in [-0.15, -0.1) is 11.3 Å². The molecular formula is C16H20N2O4S2. The van der Waals surface area contributed by atoms with Gasteiger partial charge in [0.05, 0.1) is 23.6 Å². The third kappa shape index (κ3) is 4.41. The van der Waals surface area contributed by atoms with E-state index in [1.54, 1.807) is 11.3 Å².